The molecule has 0 bridgehead atoms. The Balaban J connectivity index is 2.64. The van der Waals surface area contributed by atoms with Gasteiger partial charge in [0.05, 0.1) is 4.92 Å². The zero-order valence-electron chi connectivity index (χ0n) is 7.00. The van der Waals surface area contributed by atoms with Gasteiger partial charge in [0.25, 0.3) is 5.69 Å². The lowest BCUT2D eigenvalue weighted by Gasteiger charge is -1.98. The van der Waals surface area contributed by atoms with E-state index in [0.717, 1.165) is 0 Å². The van der Waals surface area contributed by atoms with Crippen LogP contribution in [0.3, 0.4) is 0 Å². The molecule has 0 aliphatic rings. The van der Waals surface area contributed by atoms with Crippen LogP contribution in [0, 0.1) is 10.1 Å². The molecule has 0 amide bonds. The molecule has 0 saturated heterocycles. The predicted molar refractivity (Wildman–Crippen MR) is 44.0 cm³/mol. The molecule has 0 heterocycles. The fourth-order valence-corrected chi connectivity index (χ4v) is 0.856. The van der Waals surface area contributed by atoms with Crippen molar-refractivity contribution in [3.05, 3.63) is 39.9 Å². The fraction of sp³-hybridized carbons (Fsp3) is 0.125. The molecule has 0 N–H and O–H groups in total. The summed E-state index contributed by atoms with van der Waals surface area (Å²) in [6.07, 6.45) is -1.62. The molecule has 1 aromatic carbocycles. The van der Waals surface area contributed by atoms with Gasteiger partial charge in [-0.05, 0) is 17.7 Å². The number of nitrogens with zero attached hydrogens (tertiary/aromatic N) is 1. The number of hydrogen-bond acceptors (Lipinski definition) is 4. The van der Waals surface area contributed by atoms with Crippen molar-refractivity contribution in [2.45, 2.75) is 6.61 Å². The third-order valence-corrected chi connectivity index (χ3v) is 1.50. The highest BCUT2D eigenvalue weighted by molar-refractivity contribution is 5.56. The Morgan fingerprint density at radius 1 is 1.36 bits per heavy atom. The number of nitro benzene ring substituents is 1. The van der Waals surface area contributed by atoms with E-state index in [2.05, 4.69) is 4.74 Å². The van der Waals surface area contributed by atoms with Gasteiger partial charge in [-0.1, -0.05) is 0 Å². The maximum Gasteiger partial charge on any atom is 0.550 e. The number of benzene rings is 1. The molecule has 0 atom stereocenters. The van der Waals surface area contributed by atoms with Gasteiger partial charge < -0.3 is 4.74 Å². The summed E-state index contributed by atoms with van der Waals surface area (Å²) < 4.78 is 4.16. The van der Waals surface area contributed by atoms with Gasteiger partial charge >= 0.3 is 6.16 Å². The van der Waals surface area contributed by atoms with E-state index in [1.807, 2.05) is 0 Å². The summed E-state index contributed by atoms with van der Waals surface area (Å²) in [5.74, 6) is 0. The first-order chi connectivity index (χ1) is 6.59. The van der Waals surface area contributed by atoms with Gasteiger partial charge in [-0.3, -0.25) is 10.1 Å². The fourth-order valence-electron chi connectivity index (χ4n) is 0.856. The molecule has 0 saturated carbocycles. The second-order valence-electron chi connectivity index (χ2n) is 2.46. The average Bonchev–Trinajstić information content (AvgIpc) is 2.15. The highest BCUT2D eigenvalue weighted by Crippen LogP contribution is 2.12. The molecule has 0 aliphatic heterocycles. The Morgan fingerprint density at radius 2 is 1.93 bits per heavy atom. The molecule has 0 aromatic heterocycles. The van der Waals surface area contributed by atoms with Crippen LogP contribution < -0.4 is 0 Å². The lowest BCUT2D eigenvalue weighted by molar-refractivity contribution is -0.384. The van der Waals surface area contributed by atoms with E-state index in [4.69, 9.17) is 0 Å². The molecule has 0 aliphatic carbocycles. The Labute approximate surface area is 78.9 Å². The molecule has 0 spiro atoms. The summed E-state index contributed by atoms with van der Waals surface area (Å²) in [6.45, 7) is -0.166. The second kappa shape index (κ2) is 4.22. The molecule has 1 rings (SSSR count). The Bertz CT molecular complexity index is 345. The average molecular weight is 196 g/mol. The van der Waals surface area contributed by atoms with Crippen LogP contribution >= 0.6 is 0 Å². The molecular formula is C8H6NO5. The van der Waals surface area contributed by atoms with Crippen molar-refractivity contribution in [1.82, 2.24) is 0 Å². The highest BCUT2D eigenvalue weighted by Gasteiger charge is 2.05. The molecule has 0 unspecified atom stereocenters. The summed E-state index contributed by atoms with van der Waals surface area (Å²) in [7, 11) is 0. The van der Waals surface area contributed by atoms with Gasteiger partial charge in [0.2, 0.25) is 0 Å². The maximum absolute atomic E-state index is 10.2. The number of carbonyl (C=O) groups excluding carboxylic acids is 1. The van der Waals surface area contributed by atoms with Crippen molar-refractivity contribution in [2.24, 2.45) is 0 Å². The van der Waals surface area contributed by atoms with Crippen LogP contribution in [0.4, 0.5) is 10.5 Å². The summed E-state index contributed by atoms with van der Waals surface area (Å²) in [5.41, 5.74) is 0.474. The molecule has 6 heteroatoms. The highest BCUT2D eigenvalue weighted by atomic mass is 16.7. The zero-order valence-corrected chi connectivity index (χ0v) is 7.00. The van der Waals surface area contributed by atoms with Crippen molar-refractivity contribution >= 4 is 11.8 Å². The van der Waals surface area contributed by atoms with Gasteiger partial charge in [0.1, 0.15) is 6.61 Å². The Kier molecular flexibility index (Phi) is 3.01. The van der Waals surface area contributed by atoms with E-state index in [1.54, 1.807) is 0 Å². The van der Waals surface area contributed by atoms with Gasteiger partial charge in [-0.15, -0.1) is 0 Å². The standard InChI is InChI=1S/C8H6NO5/c10-8(11)14-5-6-1-3-7(4-2-6)9(12)13/h1-4H,5H2. The first-order valence-electron chi connectivity index (χ1n) is 3.66. The minimum atomic E-state index is -1.62. The summed E-state index contributed by atoms with van der Waals surface area (Å²) in [4.78, 5) is 19.6. The number of hydrogen-bond donors (Lipinski definition) is 0. The molecular weight excluding hydrogens is 190 g/mol. The Hall–Kier alpha value is -2.11. The normalized spacial score (nSPS) is 9.43. The minimum absolute atomic E-state index is 0.0535. The largest absolute Gasteiger partial charge is 0.550 e. The van der Waals surface area contributed by atoms with Crippen LogP contribution in [0.5, 0.6) is 0 Å². The van der Waals surface area contributed by atoms with E-state index in [9.17, 15) is 20.0 Å². The van der Waals surface area contributed by atoms with Crippen LogP contribution in [-0.4, -0.2) is 11.1 Å². The summed E-state index contributed by atoms with van der Waals surface area (Å²) in [5, 5.41) is 20.2. The first-order valence-corrected chi connectivity index (χ1v) is 3.66. The minimum Gasteiger partial charge on any atom is -0.427 e. The summed E-state index contributed by atoms with van der Waals surface area (Å²) in [6, 6.07) is 5.38. The van der Waals surface area contributed by atoms with Crippen molar-refractivity contribution in [3.63, 3.8) is 0 Å². The third kappa shape index (κ3) is 2.74. The van der Waals surface area contributed by atoms with E-state index in [-0.39, 0.29) is 12.3 Å². The van der Waals surface area contributed by atoms with E-state index in [0.29, 0.717) is 5.56 Å². The number of carbonyl (C=O) groups is 1. The van der Waals surface area contributed by atoms with Crippen LogP contribution in [0.25, 0.3) is 0 Å². The van der Waals surface area contributed by atoms with Crippen molar-refractivity contribution in [2.75, 3.05) is 0 Å². The first kappa shape index (κ1) is 9.97. The SMILES string of the molecule is [O]C(=O)OCc1ccc([N+](=O)[O-])cc1. The van der Waals surface area contributed by atoms with Crippen LogP contribution in [0.1, 0.15) is 5.56 Å². The van der Waals surface area contributed by atoms with Crippen LogP contribution in [0.2, 0.25) is 0 Å². The maximum atomic E-state index is 10.2. The van der Waals surface area contributed by atoms with Crippen molar-refractivity contribution in [3.8, 4) is 0 Å². The monoisotopic (exact) mass is 196 g/mol. The van der Waals surface area contributed by atoms with Crippen LogP contribution in [0.15, 0.2) is 24.3 Å². The molecule has 1 aromatic rings. The quantitative estimate of drug-likeness (QED) is 0.417. The van der Waals surface area contributed by atoms with Gasteiger partial charge in [0, 0.05) is 12.1 Å². The number of ether oxygens (including phenoxy) is 1. The lowest BCUT2D eigenvalue weighted by Crippen LogP contribution is -1.98. The topological polar surface area (TPSA) is 89.3 Å². The lowest BCUT2D eigenvalue weighted by atomic mass is 10.2. The number of nitro groups is 1. The smallest absolute Gasteiger partial charge is 0.427 e. The summed E-state index contributed by atoms with van der Waals surface area (Å²) >= 11 is 0. The second-order valence-corrected chi connectivity index (χ2v) is 2.46. The third-order valence-electron chi connectivity index (χ3n) is 1.50. The van der Waals surface area contributed by atoms with Crippen molar-refractivity contribution in [1.29, 1.82) is 0 Å². The van der Waals surface area contributed by atoms with Crippen molar-refractivity contribution < 1.29 is 19.6 Å². The number of non-ortho nitro benzene ring substituents is 1. The molecule has 73 valence electrons. The van der Waals surface area contributed by atoms with Crippen LogP contribution in [-0.2, 0) is 16.5 Å². The van der Waals surface area contributed by atoms with E-state index in [1.165, 1.54) is 24.3 Å². The number of rotatable bonds is 3. The molecule has 6 nitrogen and oxygen atoms in total. The molecule has 0 fully saturated rings. The van der Waals surface area contributed by atoms with Gasteiger partial charge in [-0.2, -0.15) is 9.90 Å². The van der Waals surface area contributed by atoms with E-state index < -0.39 is 11.1 Å². The van der Waals surface area contributed by atoms with E-state index >= 15 is 0 Å². The van der Waals surface area contributed by atoms with Gasteiger partial charge in [-0.25, -0.2) is 0 Å². The predicted octanol–water partition coefficient (Wildman–Crippen LogP) is 1.66. The van der Waals surface area contributed by atoms with Gasteiger partial charge in [0.15, 0.2) is 0 Å². The molecule has 14 heavy (non-hydrogen) atoms. The molecule has 1 radical (unpaired) electrons. The Morgan fingerprint density at radius 3 is 2.36 bits per heavy atom. The zero-order chi connectivity index (χ0) is 10.6.